The lowest BCUT2D eigenvalue weighted by Crippen LogP contribution is -2.16. The van der Waals surface area contributed by atoms with Crippen molar-refractivity contribution in [3.05, 3.63) is 253 Å². The van der Waals surface area contributed by atoms with Crippen LogP contribution in [0.2, 0.25) is 0 Å². The van der Waals surface area contributed by atoms with Gasteiger partial charge in [-0.15, -0.1) is 11.3 Å². The zero-order valence-corrected chi connectivity index (χ0v) is 41.5. The highest BCUT2D eigenvalue weighted by Gasteiger charge is 2.37. The molecule has 72 heavy (non-hydrogen) atoms. The highest BCUT2D eigenvalue weighted by Crippen LogP contribution is 2.53. The topological polar surface area (TPSA) is 19.6 Å². The van der Waals surface area contributed by atoms with E-state index >= 15 is 0 Å². The van der Waals surface area contributed by atoms with Gasteiger partial charge in [-0.05, 0) is 146 Å². The van der Waals surface area contributed by atoms with E-state index in [1.54, 1.807) is 0 Å². The van der Waals surface area contributed by atoms with E-state index in [1.807, 2.05) is 11.3 Å². The van der Waals surface area contributed by atoms with E-state index in [-0.39, 0.29) is 10.8 Å². The molecule has 0 atom stereocenters. The summed E-state index contributed by atoms with van der Waals surface area (Å²) in [4.78, 5) is 4.80. The fraction of sp³-hybridized carbons (Fsp3) is 0.0882. The second-order valence-corrected chi connectivity index (χ2v) is 21.6. The molecular weight excluding hydrogens is 893 g/mol. The van der Waals surface area contributed by atoms with Crippen molar-refractivity contribution in [3.8, 4) is 44.5 Å². The molecule has 0 saturated heterocycles. The van der Waals surface area contributed by atoms with E-state index in [4.69, 9.17) is 4.42 Å². The molecule has 2 aliphatic carbocycles. The molecule has 0 radical (unpaired) electrons. The Morgan fingerprint density at radius 2 is 0.722 bits per heavy atom. The molecule has 2 aliphatic rings. The van der Waals surface area contributed by atoms with Crippen molar-refractivity contribution in [2.45, 2.75) is 38.5 Å². The van der Waals surface area contributed by atoms with Gasteiger partial charge in [0.05, 0.1) is 4.70 Å². The Bertz CT molecular complexity index is 3820. The van der Waals surface area contributed by atoms with Crippen LogP contribution in [0.25, 0.3) is 75.8 Å². The molecule has 0 aliphatic heterocycles. The third-order valence-corrected chi connectivity index (χ3v) is 16.8. The first kappa shape index (κ1) is 42.4. The fourth-order valence-corrected chi connectivity index (χ4v) is 13.1. The number of rotatable bonds is 8. The number of fused-ring (bicyclic) bond motifs is 11. The number of benzene rings is 10. The Morgan fingerprint density at radius 3 is 1.24 bits per heavy atom. The van der Waals surface area contributed by atoms with Crippen LogP contribution < -0.4 is 9.80 Å². The van der Waals surface area contributed by atoms with E-state index in [1.165, 1.54) is 71.5 Å². The third kappa shape index (κ3) is 6.56. The van der Waals surface area contributed by atoms with Gasteiger partial charge in [0.25, 0.3) is 0 Å². The minimum absolute atomic E-state index is 0.122. The molecule has 344 valence electrons. The van der Waals surface area contributed by atoms with Gasteiger partial charge in [0.2, 0.25) is 0 Å². The summed E-state index contributed by atoms with van der Waals surface area (Å²) >= 11 is 1.81. The van der Waals surface area contributed by atoms with Crippen molar-refractivity contribution in [1.29, 1.82) is 0 Å². The van der Waals surface area contributed by atoms with Crippen LogP contribution in [-0.4, -0.2) is 0 Å². The smallest absolute Gasteiger partial charge is 0.154 e. The van der Waals surface area contributed by atoms with Crippen molar-refractivity contribution in [2.24, 2.45) is 0 Å². The van der Waals surface area contributed by atoms with Crippen molar-refractivity contribution in [2.75, 3.05) is 9.80 Å². The van der Waals surface area contributed by atoms with E-state index in [2.05, 4.69) is 268 Å². The average molecular weight is 943 g/mol. The summed E-state index contributed by atoms with van der Waals surface area (Å²) in [5, 5.41) is 2.24. The Kier molecular flexibility index (Phi) is 9.46. The van der Waals surface area contributed by atoms with Crippen molar-refractivity contribution < 1.29 is 4.42 Å². The van der Waals surface area contributed by atoms with Gasteiger partial charge in [0.1, 0.15) is 5.58 Å². The average Bonchev–Trinajstić information content (AvgIpc) is 4.10. The summed E-state index contributed by atoms with van der Waals surface area (Å²) in [6.45, 7) is 9.41. The summed E-state index contributed by atoms with van der Waals surface area (Å²) in [6.07, 6.45) is 0. The van der Waals surface area contributed by atoms with Gasteiger partial charge in [0, 0.05) is 66.5 Å². The van der Waals surface area contributed by atoms with Crippen LogP contribution in [0.15, 0.2) is 235 Å². The monoisotopic (exact) mass is 942 g/mol. The molecule has 2 heterocycles. The second kappa shape index (κ2) is 16.0. The first-order chi connectivity index (χ1) is 35.2. The molecule has 0 spiro atoms. The SMILES string of the molecule is CC1(C)c2ccccc2-c2ccc(N(c3ccc(-c4ccccc4)cc3)c3ccc4c(c3)oc3c5ccc(N(c6ccc(-c7ccccc7)cc6)c6ccc7c(c6)C(C)(C)c6ccccc6-7)cc5sc43)cc21. The Morgan fingerprint density at radius 1 is 0.333 bits per heavy atom. The number of hydrogen-bond donors (Lipinski definition) is 0. The van der Waals surface area contributed by atoms with E-state index in [0.717, 1.165) is 60.8 Å². The fourth-order valence-electron chi connectivity index (χ4n) is 11.9. The molecular formula is C68H50N2OS. The Balaban J connectivity index is 0.869. The lowest BCUT2D eigenvalue weighted by atomic mass is 9.82. The van der Waals surface area contributed by atoms with Crippen LogP contribution in [0.1, 0.15) is 49.9 Å². The molecule has 0 saturated carbocycles. The number of thiophene rings is 1. The predicted molar refractivity (Wildman–Crippen MR) is 304 cm³/mol. The number of nitrogens with zero attached hydrogens (tertiary/aromatic N) is 2. The predicted octanol–water partition coefficient (Wildman–Crippen LogP) is 19.7. The second-order valence-electron chi connectivity index (χ2n) is 20.5. The van der Waals surface area contributed by atoms with Crippen LogP contribution >= 0.6 is 11.3 Å². The van der Waals surface area contributed by atoms with Crippen molar-refractivity contribution >= 4 is 76.8 Å². The molecule has 4 heteroatoms. The first-order valence-electron chi connectivity index (χ1n) is 25.0. The molecule has 10 aromatic carbocycles. The molecule has 0 bridgehead atoms. The van der Waals surface area contributed by atoms with Gasteiger partial charge in [-0.25, -0.2) is 0 Å². The van der Waals surface area contributed by atoms with Gasteiger partial charge in [-0.3, -0.25) is 0 Å². The van der Waals surface area contributed by atoms with Gasteiger partial charge in [-0.2, -0.15) is 0 Å². The number of furan rings is 1. The van der Waals surface area contributed by atoms with Gasteiger partial charge < -0.3 is 14.2 Å². The van der Waals surface area contributed by atoms with Crippen molar-refractivity contribution in [1.82, 2.24) is 0 Å². The van der Waals surface area contributed by atoms with Gasteiger partial charge in [-0.1, -0.05) is 173 Å². The molecule has 0 amide bonds. The largest absolute Gasteiger partial charge is 0.454 e. The molecule has 0 unspecified atom stereocenters. The maximum atomic E-state index is 6.99. The molecule has 3 nitrogen and oxygen atoms in total. The quantitative estimate of drug-likeness (QED) is 0.151. The van der Waals surface area contributed by atoms with E-state index < -0.39 is 0 Å². The van der Waals surface area contributed by atoms with Gasteiger partial charge in [0.15, 0.2) is 5.58 Å². The molecule has 0 fully saturated rings. The molecule has 2 aromatic heterocycles. The lowest BCUT2D eigenvalue weighted by Gasteiger charge is -2.28. The number of hydrogen-bond acceptors (Lipinski definition) is 4. The maximum absolute atomic E-state index is 6.99. The molecule has 14 rings (SSSR count). The minimum Gasteiger partial charge on any atom is -0.454 e. The summed E-state index contributed by atoms with van der Waals surface area (Å²) < 4.78 is 9.34. The third-order valence-electron chi connectivity index (χ3n) is 15.7. The summed E-state index contributed by atoms with van der Waals surface area (Å²) in [5.74, 6) is 0. The molecule has 0 N–H and O–H groups in total. The normalized spacial score (nSPS) is 13.8. The Hall–Kier alpha value is -8.44. The maximum Gasteiger partial charge on any atom is 0.154 e. The standard InChI is InChI=1S/C68H50N2OS/c1-67(2)59-21-13-11-19-53(59)55-35-31-49(39-61(55)67)69(47-27-23-45(24-28-47)43-15-7-5-8-16-43)51-33-37-57-63(41-51)71-65-58-38-34-52(42-64(58)72-66(57)65)70(48-29-25-46(26-30-48)44-17-9-6-10-18-44)50-32-36-56-54-20-12-14-22-60(54)68(3,4)62(56)40-50/h5-42H,1-4H3. The zero-order chi connectivity index (χ0) is 48.3. The highest BCUT2D eigenvalue weighted by molar-refractivity contribution is 7.26. The summed E-state index contributed by atoms with van der Waals surface area (Å²) in [6, 6.07) is 84.6. The first-order valence-corrected chi connectivity index (χ1v) is 25.8. The van der Waals surface area contributed by atoms with E-state index in [9.17, 15) is 0 Å². The number of anilines is 6. The minimum atomic E-state index is -0.129. The van der Waals surface area contributed by atoms with Crippen LogP contribution in [-0.2, 0) is 10.8 Å². The van der Waals surface area contributed by atoms with Crippen LogP contribution in [0, 0.1) is 0 Å². The molecule has 12 aromatic rings. The lowest BCUT2D eigenvalue weighted by molar-refractivity contribution is 0.660. The summed E-state index contributed by atoms with van der Waals surface area (Å²) in [5.41, 5.74) is 23.6. The zero-order valence-electron chi connectivity index (χ0n) is 40.7. The van der Waals surface area contributed by atoms with Gasteiger partial charge >= 0.3 is 0 Å². The van der Waals surface area contributed by atoms with Crippen molar-refractivity contribution in [3.63, 3.8) is 0 Å². The highest BCUT2D eigenvalue weighted by atomic mass is 32.1. The van der Waals surface area contributed by atoms with E-state index in [0.29, 0.717) is 0 Å². The summed E-state index contributed by atoms with van der Waals surface area (Å²) in [7, 11) is 0. The van der Waals surface area contributed by atoms with Crippen LogP contribution in [0.4, 0.5) is 34.1 Å². The van der Waals surface area contributed by atoms with Crippen LogP contribution in [0.3, 0.4) is 0 Å². The Labute approximate surface area is 424 Å². The van der Waals surface area contributed by atoms with Crippen LogP contribution in [0.5, 0.6) is 0 Å².